The highest BCUT2D eigenvalue weighted by Crippen LogP contribution is 2.21. The first-order valence-electron chi connectivity index (χ1n) is 16.6. The van der Waals surface area contributed by atoms with Gasteiger partial charge in [0.25, 0.3) is 0 Å². The van der Waals surface area contributed by atoms with Gasteiger partial charge in [-0.2, -0.15) is 0 Å². The Morgan fingerprint density at radius 3 is 2.41 bits per heavy atom. The Morgan fingerprint density at radius 2 is 1.77 bits per heavy atom. The van der Waals surface area contributed by atoms with Gasteiger partial charge in [-0.15, -0.1) is 0 Å². The Balaban J connectivity index is 0.000000231. The van der Waals surface area contributed by atoms with Crippen molar-refractivity contribution in [3.05, 3.63) is 66.5 Å². The molecule has 2 saturated heterocycles. The number of cyclic esters (lactones) is 1. The standard InChI is InChI=1S/C13H22O3.C12H15N.C11H20N2O2/c1-10-4-3-5-11(2)9-16-13(15)8-12(14)7-6-10;1-3-4-5-8-11(2)12-9-6-7-10-13-12;14-11(15)13-8-4-10(5-9-13)12-6-2-1-3-7-12/h3,5,10-12,14H,4,6-9H2,1-2H3;3-11H,1-2H3;10H,1-9H2,(H,14,15)/b5-3+;4-3-,8-5+;. The SMILES string of the molecule is C/C=C\C=C\C(C)c1ccccn1.CC1/C=C/CC(C)CCC(O)CC(=O)OC1.O=C(O)N1CCC(N2CCCCC2)CC1. The number of carboxylic acid groups (broad SMARTS) is 1. The van der Waals surface area contributed by atoms with Crippen LogP contribution in [0.15, 0.2) is 60.9 Å². The van der Waals surface area contributed by atoms with E-state index in [-0.39, 0.29) is 18.3 Å². The molecule has 4 unspecified atom stereocenters. The van der Waals surface area contributed by atoms with Crippen molar-refractivity contribution >= 4 is 12.1 Å². The smallest absolute Gasteiger partial charge is 0.407 e. The van der Waals surface area contributed by atoms with Crippen molar-refractivity contribution in [1.29, 1.82) is 0 Å². The Labute approximate surface area is 265 Å². The maximum absolute atomic E-state index is 11.3. The third-order valence-corrected chi connectivity index (χ3v) is 8.40. The number of amides is 1. The molecule has 2 fully saturated rings. The summed E-state index contributed by atoms with van der Waals surface area (Å²) < 4.78 is 5.07. The summed E-state index contributed by atoms with van der Waals surface area (Å²) >= 11 is 0. The van der Waals surface area contributed by atoms with Crippen molar-refractivity contribution in [1.82, 2.24) is 14.8 Å². The molecule has 4 atom stereocenters. The molecule has 246 valence electrons. The van der Waals surface area contributed by atoms with E-state index in [1.807, 2.05) is 50.4 Å². The van der Waals surface area contributed by atoms with Crippen LogP contribution in [0.2, 0.25) is 0 Å². The molecule has 44 heavy (non-hydrogen) atoms. The summed E-state index contributed by atoms with van der Waals surface area (Å²) in [4.78, 5) is 30.5. The number of aliphatic hydroxyl groups excluding tert-OH is 1. The number of carbonyl (C=O) groups excluding carboxylic acids is 1. The quantitative estimate of drug-likeness (QED) is 0.210. The van der Waals surface area contributed by atoms with E-state index in [9.17, 15) is 14.7 Å². The second-order valence-electron chi connectivity index (χ2n) is 12.4. The van der Waals surface area contributed by atoms with Crippen LogP contribution in [0.25, 0.3) is 0 Å². The van der Waals surface area contributed by atoms with E-state index < -0.39 is 12.2 Å². The molecule has 1 aromatic heterocycles. The molecular weight excluding hydrogens is 554 g/mol. The lowest BCUT2D eigenvalue weighted by Crippen LogP contribution is -2.47. The number of pyridine rings is 1. The molecule has 1 amide bonds. The Bertz CT molecular complexity index is 1010. The van der Waals surface area contributed by atoms with E-state index in [0.29, 0.717) is 30.9 Å². The number of ether oxygens (including phenoxy) is 1. The largest absolute Gasteiger partial charge is 0.465 e. The van der Waals surface area contributed by atoms with Crippen molar-refractivity contribution < 1.29 is 24.5 Å². The summed E-state index contributed by atoms with van der Waals surface area (Å²) in [7, 11) is 0. The second-order valence-corrected chi connectivity index (χ2v) is 12.4. The highest BCUT2D eigenvalue weighted by Gasteiger charge is 2.27. The summed E-state index contributed by atoms with van der Waals surface area (Å²) in [5, 5.41) is 18.5. The monoisotopic (exact) mass is 611 g/mol. The van der Waals surface area contributed by atoms with E-state index in [4.69, 9.17) is 9.84 Å². The number of carbonyl (C=O) groups is 2. The van der Waals surface area contributed by atoms with E-state index >= 15 is 0 Å². The number of rotatable bonds is 4. The van der Waals surface area contributed by atoms with Crippen molar-refractivity contribution in [2.24, 2.45) is 11.8 Å². The van der Waals surface area contributed by atoms with Gasteiger partial charge in [-0.1, -0.05) is 69.7 Å². The third-order valence-electron chi connectivity index (χ3n) is 8.40. The number of aliphatic hydroxyl groups is 1. The number of hydrogen-bond donors (Lipinski definition) is 2. The van der Waals surface area contributed by atoms with Crippen LogP contribution in [0.5, 0.6) is 0 Å². The van der Waals surface area contributed by atoms with Crippen LogP contribution in [-0.2, 0) is 9.53 Å². The van der Waals surface area contributed by atoms with Gasteiger partial charge in [0.05, 0.1) is 19.1 Å². The molecule has 0 aliphatic carbocycles. The topological polar surface area (TPSA) is 103 Å². The van der Waals surface area contributed by atoms with Crippen LogP contribution >= 0.6 is 0 Å². The van der Waals surface area contributed by atoms with Gasteiger partial charge < -0.3 is 24.7 Å². The lowest BCUT2D eigenvalue weighted by atomic mass is 9.97. The van der Waals surface area contributed by atoms with Gasteiger partial charge in [0.15, 0.2) is 0 Å². The minimum absolute atomic E-state index is 0.128. The number of aromatic nitrogens is 1. The molecule has 0 bridgehead atoms. The average molecular weight is 612 g/mol. The van der Waals surface area contributed by atoms with E-state index in [0.717, 1.165) is 44.5 Å². The number of esters is 1. The van der Waals surface area contributed by atoms with E-state index in [2.05, 4.69) is 48.0 Å². The molecule has 4 rings (SSSR count). The number of nitrogens with zero attached hydrogens (tertiary/aromatic N) is 3. The second kappa shape index (κ2) is 21.7. The Kier molecular flexibility index (Phi) is 18.3. The van der Waals surface area contributed by atoms with Gasteiger partial charge in [0.1, 0.15) is 0 Å². The molecule has 0 radical (unpaired) electrons. The summed E-state index contributed by atoms with van der Waals surface area (Å²) in [6.07, 6.45) is 21.8. The van der Waals surface area contributed by atoms with E-state index in [1.165, 1.54) is 32.4 Å². The molecule has 1 aromatic rings. The van der Waals surface area contributed by atoms with Crippen molar-refractivity contribution in [2.75, 3.05) is 32.8 Å². The number of allylic oxidation sites excluding steroid dienone is 5. The average Bonchev–Trinajstić information content (AvgIpc) is 3.04. The fraction of sp³-hybridized carbons (Fsp3) is 0.639. The fourth-order valence-corrected chi connectivity index (χ4v) is 5.56. The first-order valence-corrected chi connectivity index (χ1v) is 16.6. The van der Waals surface area contributed by atoms with E-state index in [1.54, 1.807) is 4.90 Å². The van der Waals surface area contributed by atoms with Crippen LogP contribution in [0.4, 0.5) is 4.79 Å². The van der Waals surface area contributed by atoms with Crippen molar-refractivity contribution in [3.63, 3.8) is 0 Å². The molecule has 0 saturated carbocycles. The zero-order valence-electron chi connectivity index (χ0n) is 27.5. The molecule has 2 N–H and O–H groups in total. The van der Waals surface area contributed by atoms with Crippen LogP contribution < -0.4 is 0 Å². The summed E-state index contributed by atoms with van der Waals surface area (Å²) in [6, 6.07) is 6.64. The molecule has 8 heteroatoms. The number of piperidine rings is 2. The fourth-order valence-electron chi connectivity index (χ4n) is 5.56. The summed E-state index contributed by atoms with van der Waals surface area (Å²) in [6.45, 7) is 12.6. The normalized spacial score (nSPS) is 25.8. The molecule has 4 heterocycles. The predicted molar refractivity (Wildman–Crippen MR) is 178 cm³/mol. The van der Waals surface area contributed by atoms with Gasteiger partial charge in [-0.25, -0.2) is 4.79 Å². The Hall–Kier alpha value is -2.97. The minimum atomic E-state index is -0.757. The molecule has 0 aromatic carbocycles. The third kappa shape index (κ3) is 15.7. The summed E-state index contributed by atoms with van der Waals surface area (Å²) in [5.74, 6) is 0.916. The van der Waals surface area contributed by atoms with Crippen LogP contribution in [-0.4, -0.2) is 82.0 Å². The molecule has 0 spiro atoms. The molecule has 3 aliphatic heterocycles. The van der Waals surface area contributed by atoms with Gasteiger partial charge in [0, 0.05) is 42.9 Å². The minimum Gasteiger partial charge on any atom is -0.465 e. The van der Waals surface area contributed by atoms with Gasteiger partial charge in [-0.3, -0.25) is 9.78 Å². The number of hydrogen-bond acceptors (Lipinski definition) is 6. The lowest BCUT2D eigenvalue weighted by molar-refractivity contribution is -0.146. The van der Waals surface area contributed by atoms with Gasteiger partial charge in [-0.05, 0) is 83.0 Å². The van der Waals surface area contributed by atoms with Crippen molar-refractivity contribution in [2.45, 2.75) is 104 Å². The maximum atomic E-state index is 11.3. The zero-order chi connectivity index (χ0) is 32.2. The molecule has 8 nitrogen and oxygen atoms in total. The first-order chi connectivity index (χ1) is 21.2. The molecular formula is C36H57N3O5. The maximum Gasteiger partial charge on any atom is 0.407 e. The highest BCUT2D eigenvalue weighted by atomic mass is 16.5. The first kappa shape index (κ1) is 37.2. The number of likely N-dealkylation sites (tertiary alicyclic amines) is 2. The zero-order valence-corrected chi connectivity index (χ0v) is 27.5. The van der Waals surface area contributed by atoms with Gasteiger partial charge in [0.2, 0.25) is 0 Å². The summed E-state index contributed by atoms with van der Waals surface area (Å²) in [5.41, 5.74) is 1.11. The van der Waals surface area contributed by atoms with Crippen LogP contribution in [0.3, 0.4) is 0 Å². The Morgan fingerprint density at radius 1 is 1.05 bits per heavy atom. The molecule has 3 aliphatic rings. The highest BCUT2D eigenvalue weighted by molar-refractivity contribution is 5.69. The van der Waals surface area contributed by atoms with Crippen LogP contribution in [0.1, 0.15) is 97.1 Å². The van der Waals surface area contributed by atoms with Crippen LogP contribution in [0, 0.1) is 11.8 Å². The lowest BCUT2D eigenvalue weighted by Gasteiger charge is -2.39. The van der Waals surface area contributed by atoms with Crippen molar-refractivity contribution in [3.8, 4) is 0 Å². The predicted octanol–water partition coefficient (Wildman–Crippen LogP) is 7.23. The van der Waals surface area contributed by atoms with Gasteiger partial charge >= 0.3 is 12.1 Å².